The first kappa shape index (κ1) is 11.6. The fraction of sp³-hybridized carbons (Fsp3) is 0.889. The van der Waals surface area contributed by atoms with Gasteiger partial charge in [0.05, 0.1) is 31.8 Å². The smallest absolute Gasteiger partial charge is 0.144 e. The quantitative estimate of drug-likeness (QED) is 0.437. The summed E-state index contributed by atoms with van der Waals surface area (Å²) in [6, 6.07) is 0. The van der Waals surface area contributed by atoms with Crippen molar-refractivity contribution in [2.75, 3.05) is 26.4 Å². The molecule has 1 aliphatic carbocycles. The third kappa shape index (κ3) is 1.20. The number of carbonyl (C=O) groups is 1. The van der Waals surface area contributed by atoms with Gasteiger partial charge in [0, 0.05) is 11.8 Å². The van der Waals surface area contributed by atoms with E-state index in [1.165, 1.54) is 0 Å². The van der Waals surface area contributed by atoms with E-state index < -0.39 is 37.3 Å². The zero-order valence-electron chi connectivity index (χ0n) is 7.94. The molecule has 0 radical (unpaired) electrons. The van der Waals surface area contributed by atoms with Crippen molar-refractivity contribution in [3.05, 3.63) is 0 Å². The highest BCUT2D eigenvalue weighted by atomic mass is 16.3. The van der Waals surface area contributed by atoms with Crippen molar-refractivity contribution in [3.8, 4) is 0 Å². The van der Waals surface area contributed by atoms with Crippen molar-refractivity contribution in [1.82, 2.24) is 0 Å². The lowest BCUT2D eigenvalue weighted by Gasteiger charge is -2.39. The third-order valence-corrected chi connectivity index (χ3v) is 3.52. The normalized spacial score (nSPS) is 24.1. The summed E-state index contributed by atoms with van der Waals surface area (Å²) in [5.74, 6) is -0.286. The molecule has 0 aromatic heterocycles. The molecule has 82 valence electrons. The molecule has 5 nitrogen and oxygen atoms in total. The Bertz CT molecular complexity index is 217. The first-order valence-corrected chi connectivity index (χ1v) is 4.59. The highest BCUT2D eigenvalue weighted by Crippen LogP contribution is 2.49. The number of aliphatic hydroxyl groups excluding tert-OH is 4. The van der Waals surface area contributed by atoms with Gasteiger partial charge in [0.1, 0.15) is 5.78 Å². The SMILES string of the molecule is O=C1CCC(CO)(CO)C1(CO)CO. The van der Waals surface area contributed by atoms with Gasteiger partial charge in [-0.3, -0.25) is 4.79 Å². The Hall–Kier alpha value is -0.490. The lowest BCUT2D eigenvalue weighted by atomic mass is 9.67. The number of ketones is 1. The Balaban J connectivity index is 3.12. The molecule has 1 fully saturated rings. The van der Waals surface area contributed by atoms with Gasteiger partial charge in [-0.15, -0.1) is 0 Å². The molecule has 0 amide bonds. The molecule has 0 spiro atoms. The number of rotatable bonds is 4. The molecule has 0 aromatic rings. The average Bonchev–Trinajstić information content (AvgIpc) is 2.52. The summed E-state index contributed by atoms with van der Waals surface area (Å²) in [4.78, 5) is 11.5. The Kier molecular flexibility index (Phi) is 3.26. The number of aliphatic hydroxyl groups is 4. The molecule has 1 saturated carbocycles. The summed E-state index contributed by atoms with van der Waals surface area (Å²) in [5.41, 5.74) is -2.45. The maximum absolute atomic E-state index is 11.5. The minimum Gasteiger partial charge on any atom is -0.396 e. The third-order valence-electron chi connectivity index (χ3n) is 3.52. The summed E-state index contributed by atoms with van der Waals surface area (Å²) in [6.07, 6.45) is 0.488. The van der Waals surface area contributed by atoms with Gasteiger partial charge >= 0.3 is 0 Å². The van der Waals surface area contributed by atoms with E-state index in [9.17, 15) is 25.2 Å². The van der Waals surface area contributed by atoms with Crippen LogP contribution in [0.1, 0.15) is 12.8 Å². The van der Waals surface area contributed by atoms with Crippen LogP contribution in [-0.2, 0) is 4.79 Å². The first-order chi connectivity index (χ1) is 6.62. The van der Waals surface area contributed by atoms with Crippen LogP contribution in [0.25, 0.3) is 0 Å². The second kappa shape index (κ2) is 3.94. The van der Waals surface area contributed by atoms with E-state index in [-0.39, 0.29) is 12.2 Å². The van der Waals surface area contributed by atoms with Gasteiger partial charge in [0.2, 0.25) is 0 Å². The van der Waals surface area contributed by atoms with E-state index in [0.717, 1.165) is 0 Å². The fourth-order valence-corrected chi connectivity index (χ4v) is 2.20. The Morgan fingerprint density at radius 3 is 1.79 bits per heavy atom. The summed E-state index contributed by atoms with van der Waals surface area (Å²) in [7, 11) is 0. The maximum atomic E-state index is 11.5. The maximum Gasteiger partial charge on any atom is 0.144 e. The molecular formula is C9H16O5. The lowest BCUT2D eigenvalue weighted by molar-refractivity contribution is -0.145. The summed E-state index contributed by atoms with van der Waals surface area (Å²) < 4.78 is 0. The molecule has 1 rings (SSSR count). The Morgan fingerprint density at radius 2 is 1.50 bits per heavy atom. The Morgan fingerprint density at radius 1 is 1.00 bits per heavy atom. The minimum atomic E-state index is -1.38. The van der Waals surface area contributed by atoms with Crippen molar-refractivity contribution >= 4 is 5.78 Å². The largest absolute Gasteiger partial charge is 0.396 e. The number of Topliss-reactive ketones (excluding diaryl/α,β-unsaturated/α-hetero) is 1. The van der Waals surface area contributed by atoms with Crippen molar-refractivity contribution in [3.63, 3.8) is 0 Å². The topological polar surface area (TPSA) is 98.0 Å². The monoisotopic (exact) mass is 204 g/mol. The molecule has 0 saturated heterocycles. The van der Waals surface area contributed by atoms with Crippen LogP contribution in [0.5, 0.6) is 0 Å². The van der Waals surface area contributed by atoms with Crippen LogP contribution >= 0.6 is 0 Å². The Labute approximate surface area is 82.0 Å². The van der Waals surface area contributed by atoms with Crippen LogP contribution in [0.4, 0.5) is 0 Å². The van der Waals surface area contributed by atoms with E-state index in [4.69, 9.17) is 0 Å². The summed E-state index contributed by atoms with van der Waals surface area (Å²) in [5, 5.41) is 36.8. The van der Waals surface area contributed by atoms with Crippen LogP contribution in [-0.4, -0.2) is 52.6 Å². The predicted molar refractivity (Wildman–Crippen MR) is 47.5 cm³/mol. The molecule has 0 unspecified atom stereocenters. The van der Waals surface area contributed by atoms with E-state index >= 15 is 0 Å². The van der Waals surface area contributed by atoms with E-state index in [1.807, 2.05) is 0 Å². The summed E-state index contributed by atoms with van der Waals surface area (Å²) in [6.45, 7) is -1.89. The molecule has 0 aromatic carbocycles. The minimum absolute atomic E-state index is 0.183. The second-order valence-electron chi connectivity index (χ2n) is 3.92. The van der Waals surface area contributed by atoms with Crippen LogP contribution in [0.15, 0.2) is 0 Å². The second-order valence-corrected chi connectivity index (χ2v) is 3.92. The molecule has 0 aliphatic heterocycles. The van der Waals surface area contributed by atoms with Crippen LogP contribution in [0, 0.1) is 10.8 Å². The van der Waals surface area contributed by atoms with E-state index in [2.05, 4.69) is 0 Å². The lowest BCUT2D eigenvalue weighted by Crippen LogP contribution is -2.51. The predicted octanol–water partition coefficient (Wildman–Crippen LogP) is -1.71. The molecule has 4 N–H and O–H groups in total. The summed E-state index contributed by atoms with van der Waals surface area (Å²) >= 11 is 0. The molecular weight excluding hydrogens is 188 g/mol. The average molecular weight is 204 g/mol. The van der Waals surface area contributed by atoms with E-state index in [1.54, 1.807) is 0 Å². The zero-order valence-corrected chi connectivity index (χ0v) is 7.94. The zero-order chi connectivity index (χ0) is 10.8. The van der Waals surface area contributed by atoms with Gasteiger partial charge in [0.15, 0.2) is 0 Å². The van der Waals surface area contributed by atoms with Gasteiger partial charge in [-0.1, -0.05) is 0 Å². The molecule has 14 heavy (non-hydrogen) atoms. The van der Waals surface area contributed by atoms with Crippen molar-refractivity contribution < 1.29 is 25.2 Å². The van der Waals surface area contributed by atoms with Crippen molar-refractivity contribution in [2.24, 2.45) is 10.8 Å². The van der Waals surface area contributed by atoms with Gasteiger partial charge in [-0.2, -0.15) is 0 Å². The highest BCUT2D eigenvalue weighted by molar-refractivity contribution is 5.88. The first-order valence-electron chi connectivity index (χ1n) is 4.59. The van der Waals surface area contributed by atoms with Gasteiger partial charge in [0.25, 0.3) is 0 Å². The highest BCUT2D eigenvalue weighted by Gasteiger charge is 2.59. The molecule has 1 aliphatic rings. The van der Waals surface area contributed by atoms with Crippen LogP contribution < -0.4 is 0 Å². The van der Waals surface area contributed by atoms with Crippen LogP contribution in [0.2, 0.25) is 0 Å². The van der Waals surface area contributed by atoms with Gasteiger partial charge in [-0.25, -0.2) is 0 Å². The van der Waals surface area contributed by atoms with Crippen molar-refractivity contribution in [1.29, 1.82) is 0 Å². The number of carbonyl (C=O) groups excluding carboxylic acids is 1. The molecule has 0 heterocycles. The van der Waals surface area contributed by atoms with E-state index in [0.29, 0.717) is 6.42 Å². The molecule has 0 bridgehead atoms. The number of hydrogen-bond acceptors (Lipinski definition) is 5. The van der Waals surface area contributed by atoms with Gasteiger partial charge < -0.3 is 20.4 Å². The molecule has 5 heteroatoms. The number of hydrogen-bond donors (Lipinski definition) is 4. The molecule has 0 atom stereocenters. The van der Waals surface area contributed by atoms with Gasteiger partial charge in [-0.05, 0) is 6.42 Å². The standard InChI is InChI=1S/C9H16O5/c10-3-8(4-11)2-1-7(14)9(8,5-12)6-13/h10-13H,1-6H2. The fourth-order valence-electron chi connectivity index (χ4n) is 2.20. The van der Waals surface area contributed by atoms with Crippen molar-refractivity contribution in [2.45, 2.75) is 12.8 Å². The van der Waals surface area contributed by atoms with Crippen LogP contribution in [0.3, 0.4) is 0 Å².